The maximum Gasteiger partial charge on any atom is 0.328 e. The van der Waals surface area contributed by atoms with E-state index in [4.69, 9.17) is 15.6 Å². The quantitative estimate of drug-likeness (QED) is 0.540. The molecule has 0 fully saturated rings. The van der Waals surface area contributed by atoms with Crippen LogP contribution in [-0.2, 0) is 14.3 Å². The first kappa shape index (κ1) is 14.1. The summed E-state index contributed by atoms with van der Waals surface area (Å²) in [4.78, 5) is 22.7. The maximum absolute atomic E-state index is 11.5. The van der Waals surface area contributed by atoms with Crippen LogP contribution in [0.4, 0.5) is 0 Å². The fraction of sp³-hybridized carbons (Fsp3) is 0.333. The van der Waals surface area contributed by atoms with Gasteiger partial charge in [-0.1, -0.05) is 18.2 Å². The van der Waals surface area contributed by atoms with Gasteiger partial charge < -0.3 is 20.3 Å². The van der Waals surface area contributed by atoms with Gasteiger partial charge in [-0.2, -0.15) is 0 Å². The third kappa shape index (κ3) is 4.94. The lowest BCUT2D eigenvalue weighted by molar-refractivity contribution is -0.148. The summed E-state index contributed by atoms with van der Waals surface area (Å²) >= 11 is 0. The number of carbonyl (C=O) groups is 2. The molecule has 6 heteroatoms. The summed E-state index contributed by atoms with van der Waals surface area (Å²) in [6.07, 6.45) is -0.286. The molecule has 3 N–H and O–H groups in total. The highest BCUT2D eigenvalue weighted by molar-refractivity contribution is 5.83. The number of aliphatic hydroxyl groups is 1. The molecular formula is C12H15NO5. The molecule has 0 aliphatic heterocycles. The van der Waals surface area contributed by atoms with E-state index in [0.717, 1.165) is 0 Å². The molecule has 1 aromatic rings. The predicted molar refractivity (Wildman–Crippen MR) is 62.7 cm³/mol. The Morgan fingerprint density at radius 2 is 1.94 bits per heavy atom. The van der Waals surface area contributed by atoms with Crippen LogP contribution in [0.1, 0.15) is 6.42 Å². The molecule has 18 heavy (non-hydrogen) atoms. The van der Waals surface area contributed by atoms with Crippen molar-refractivity contribution in [3.05, 3.63) is 30.3 Å². The Morgan fingerprint density at radius 3 is 2.56 bits per heavy atom. The van der Waals surface area contributed by atoms with Crippen LogP contribution in [0, 0.1) is 0 Å². The van der Waals surface area contributed by atoms with E-state index in [-0.39, 0.29) is 19.6 Å². The molecule has 0 saturated heterocycles. The Balaban J connectivity index is 2.40. The van der Waals surface area contributed by atoms with Crippen LogP contribution >= 0.6 is 0 Å². The number of rotatable bonds is 6. The van der Waals surface area contributed by atoms with E-state index in [1.54, 1.807) is 30.3 Å². The van der Waals surface area contributed by atoms with Crippen LogP contribution in [0.3, 0.4) is 0 Å². The van der Waals surface area contributed by atoms with E-state index in [9.17, 15) is 9.59 Å². The van der Waals surface area contributed by atoms with Crippen LogP contribution in [0.25, 0.3) is 0 Å². The fourth-order valence-electron chi connectivity index (χ4n) is 1.16. The number of ether oxygens (including phenoxy) is 2. The molecule has 0 aliphatic carbocycles. The molecule has 0 amide bonds. The molecule has 1 aromatic carbocycles. The van der Waals surface area contributed by atoms with Crippen molar-refractivity contribution < 1.29 is 24.2 Å². The molecule has 0 bridgehead atoms. The van der Waals surface area contributed by atoms with Crippen molar-refractivity contribution in [2.45, 2.75) is 12.5 Å². The van der Waals surface area contributed by atoms with Crippen LogP contribution in [0.5, 0.6) is 5.75 Å². The summed E-state index contributed by atoms with van der Waals surface area (Å²) in [5.74, 6) is -0.995. The van der Waals surface area contributed by atoms with E-state index in [1.807, 2.05) is 0 Å². The van der Waals surface area contributed by atoms with Crippen LogP contribution in [0.15, 0.2) is 30.3 Å². The van der Waals surface area contributed by atoms with Gasteiger partial charge in [-0.15, -0.1) is 0 Å². The molecular weight excluding hydrogens is 238 g/mol. The number of para-hydroxylation sites is 1. The molecule has 6 nitrogen and oxygen atoms in total. The molecule has 0 radical (unpaired) electrons. The fourth-order valence-corrected chi connectivity index (χ4v) is 1.16. The lowest BCUT2D eigenvalue weighted by Crippen LogP contribution is -2.36. The second-order valence-electron chi connectivity index (χ2n) is 3.49. The SMILES string of the molecule is N[C@@H](CC(=O)OCCO)C(=O)Oc1ccccc1. The first-order chi connectivity index (χ1) is 8.63. The molecule has 0 spiro atoms. The van der Waals surface area contributed by atoms with Crippen LogP contribution < -0.4 is 10.5 Å². The average molecular weight is 253 g/mol. The Hall–Kier alpha value is -1.92. The van der Waals surface area contributed by atoms with Crippen LogP contribution in [-0.4, -0.2) is 36.3 Å². The van der Waals surface area contributed by atoms with Gasteiger partial charge in [-0.3, -0.25) is 4.79 Å². The molecule has 1 atom stereocenters. The minimum atomic E-state index is -1.09. The van der Waals surface area contributed by atoms with Gasteiger partial charge in [0.15, 0.2) is 0 Å². The molecule has 0 aliphatic rings. The van der Waals surface area contributed by atoms with Crippen molar-refractivity contribution in [3.63, 3.8) is 0 Å². The second-order valence-corrected chi connectivity index (χ2v) is 3.49. The van der Waals surface area contributed by atoms with Crippen molar-refractivity contribution in [2.24, 2.45) is 5.73 Å². The van der Waals surface area contributed by atoms with Gasteiger partial charge in [0.1, 0.15) is 18.4 Å². The third-order valence-electron chi connectivity index (χ3n) is 2.01. The van der Waals surface area contributed by atoms with Gasteiger partial charge in [0.2, 0.25) is 0 Å². The molecule has 1 rings (SSSR count). The van der Waals surface area contributed by atoms with E-state index in [2.05, 4.69) is 4.74 Å². The van der Waals surface area contributed by atoms with E-state index >= 15 is 0 Å². The normalized spacial score (nSPS) is 11.7. The number of benzene rings is 1. The third-order valence-corrected chi connectivity index (χ3v) is 2.01. The van der Waals surface area contributed by atoms with Gasteiger partial charge in [-0.25, -0.2) is 4.79 Å². The number of esters is 2. The zero-order valence-corrected chi connectivity index (χ0v) is 9.74. The summed E-state index contributed by atoms with van der Waals surface area (Å²) in [7, 11) is 0. The summed E-state index contributed by atoms with van der Waals surface area (Å²) in [6.45, 7) is -0.380. The number of carbonyl (C=O) groups excluding carboxylic acids is 2. The predicted octanol–water partition coefficient (Wildman–Crippen LogP) is -0.155. The number of hydrogen-bond donors (Lipinski definition) is 2. The zero-order chi connectivity index (χ0) is 13.4. The van der Waals surface area contributed by atoms with Gasteiger partial charge in [0.25, 0.3) is 0 Å². The minimum absolute atomic E-state index is 0.112. The highest BCUT2D eigenvalue weighted by Crippen LogP contribution is 2.09. The van der Waals surface area contributed by atoms with E-state index < -0.39 is 18.0 Å². The molecule has 0 saturated carbocycles. The van der Waals surface area contributed by atoms with Crippen LogP contribution in [0.2, 0.25) is 0 Å². The standard InChI is InChI=1S/C12H15NO5/c13-10(8-11(15)17-7-6-14)12(16)18-9-4-2-1-3-5-9/h1-5,10,14H,6-8,13H2/t10-/m0/s1. The van der Waals surface area contributed by atoms with Gasteiger partial charge in [-0.05, 0) is 12.1 Å². The van der Waals surface area contributed by atoms with Crippen molar-refractivity contribution in [1.29, 1.82) is 0 Å². The zero-order valence-electron chi connectivity index (χ0n) is 9.74. The maximum atomic E-state index is 11.5. The Labute approximate surface area is 104 Å². The topological polar surface area (TPSA) is 98.9 Å². The van der Waals surface area contributed by atoms with Gasteiger partial charge in [0, 0.05) is 0 Å². The first-order valence-corrected chi connectivity index (χ1v) is 5.42. The number of hydrogen-bond acceptors (Lipinski definition) is 6. The van der Waals surface area contributed by atoms with Crippen molar-refractivity contribution in [1.82, 2.24) is 0 Å². The largest absolute Gasteiger partial charge is 0.463 e. The van der Waals surface area contributed by atoms with Crippen molar-refractivity contribution in [3.8, 4) is 5.75 Å². The van der Waals surface area contributed by atoms with Crippen molar-refractivity contribution in [2.75, 3.05) is 13.2 Å². The highest BCUT2D eigenvalue weighted by Gasteiger charge is 2.20. The Bertz CT molecular complexity index is 393. The Morgan fingerprint density at radius 1 is 1.28 bits per heavy atom. The summed E-state index contributed by atoms with van der Waals surface area (Å²) in [5, 5.41) is 8.45. The minimum Gasteiger partial charge on any atom is -0.463 e. The first-order valence-electron chi connectivity index (χ1n) is 5.42. The Kier molecular flexibility index (Phi) is 5.83. The monoisotopic (exact) mass is 253 g/mol. The molecule has 0 unspecified atom stereocenters. The van der Waals surface area contributed by atoms with Gasteiger partial charge >= 0.3 is 11.9 Å². The second kappa shape index (κ2) is 7.41. The van der Waals surface area contributed by atoms with Gasteiger partial charge in [0.05, 0.1) is 13.0 Å². The number of aliphatic hydroxyl groups excluding tert-OH is 1. The highest BCUT2D eigenvalue weighted by atomic mass is 16.5. The molecule has 0 aromatic heterocycles. The van der Waals surface area contributed by atoms with Crippen molar-refractivity contribution >= 4 is 11.9 Å². The lowest BCUT2D eigenvalue weighted by Gasteiger charge is -2.10. The number of nitrogens with two attached hydrogens (primary N) is 1. The summed E-state index contributed by atoms with van der Waals surface area (Å²) < 4.78 is 9.55. The lowest BCUT2D eigenvalue weighted by atomic mass is 10.2. The molecule has 0 heterocycles. The molecule has 98 valence electrons. The summed E-state index contributed by atoms with van der Waals surface area (Å²) in [6, 6.07) is 7.33. The van der Waals surface area contributed by atoms with E-state index in [1.165, 1.54) is 0 Å². The summed E-state index contributed by atoms with van der Waals surface area (Å²) in [5.41, 5.74) is 5.50. The average Bonchev–Trinajstić information content (AvgIpc) is 2.37. The van der Waals surface area contributed by atoms with E-state index in [0.29, 0.717) is 5.75 Å². The smallest absolute Gasteiger partial charge is 0.328 e.